The lowest BCUT2D eigenvalue weighted by Crippen LogP contribution is -2.25. The Morgan fingerprint density at radius 1 is 1.20 bits per heavy atom. The van der Waals surface area contributed by atoms with Crippen molar-refractivity contribution in [3.63, 3.8) is 0 Å². The number of hydrogen-bond donors (Lipinski definition) is 1. The van der Waals surface area contributed by atoms with E-state index in [9.17, 15) is 0 Å². The van der Waals surface area contributed by atoms with E-state index >= 15 is 0 Å². The maximum Gasteiger partial charge on any atom is 0.167 e. The van der Waals surface area contributed by atoms with Crippen LogP contribution < -0.4 is 0 Å². The highest BCUT2D eigenvalue weighted by molar-refractivity contribution is 5.79. The van der Waals surface area contributed by atoms with Crippen LogP contribution >= 0.6 is 0 Å². The average Bonchev–Trinajstić information content (AvgIpc) is 3.21. The zero-order valence-electron chi connectivity index (χ0n) is 14.9. The summed E-state index contributed by atoms with van der Waals surface area (Å²) in [4.78, 5) is 11.5. The summed E-state index contributed by atoms with van der Waals surface area (Å²) in [5.74, 6) is 1.71. The number of likely N-dealkylation sites (tertiary alicyclic amines) is 1. The van der Waals surface area contributed by atoms with Crippen LogP contribution in [0.1, 0.15) is 35.4 Å². The molecule has 6 nitrogen and oxygen atoms in total. The first-order valence-electron chi connectivity index (χ1n) is 8.64. The molecule has 0 bridgehead atoms. The number of nitrogens with zero attached hydrogens (tertiary/aromatic N) is 4. The molecule has 1 aliphatic heterocycles. The SMILES string of the molecule is CO[C@@H]1C[C@@H](c2n[nH]c(C)n2)N(Cc2ccc3nc(C)ccc3c2)C1. The fourth-order valence-electron chi connectivity index (χ4n) is 3.59. The minimum Gasteiger partial charge on any atom is -0.380 e. The molecule has 0 amide bonds. The molecule has 0 radical (unpaired) electrons. The lowest BCUT2D eigenvalue weighted by Gasteiger charge is -2.22. The third-order valence-electron chi connectivity index (χ3n) is 4.89. The van der Waals surface area contributed by atoms with E-state index in [-0.39, 0.29) is 12.1 Å². The van der Waals surface area contributed by atoms with Gasteiger partial charge in [-0.2, -0.15) is 5.10 Å². The van der Waals surface area contributed by atoms with Crippen molar-refractivity contribution in [1.82, 2.24) is 25.1 Å². The molecule has 0 saturated carbocycles. The number of ether oxygens (including phenoxy) is 1. The van der Waals surface area contributed by atoms with Crippen molar-refractivity contribution in [2.45, 2.75) is 39.0 Å². The number of rotatable bonds is 4. The Hall–Kier alpha value is -2.31. The lowest BCUT2D eigenvalue weighted by atomic mass is 10.1. The van der Waals surface area contributed by atoms with Gasteiger partial charge in [0.2, 0.25) is 0 Å². The maximum atomic E-state index is 5.60. The van der Waals surface area contributed by atoms with Gasteiger partial charge in [-0.3, -0.25) is 15.0 Å². The van der Waals surface area contributed by atoms with Crippen LogP contribution in [0.3, 0.4) is 0 Å². The summed E-state index contributed by atoms with van der Waals surface area (Å²) in [6.07, 6.45) is 1.14. The number of pyridine rings is 1. The molecule has 25 heavy (non-hydrogen) atoms. The molecule has 6 heteroatoms. The zero-order valence-corrected chi connectivity index (χ0v) is 14.9. The van der Waals surface area contributed by atoms with Gasteiger partial charge in [0, 0.05) is 31.3 Å². The first kappa shape index (κ1) is 16.2. The number of nitrogens with one attached hydrogen (secondary N) is 1. The number of aromatic nitrogens is 4. The summed E-state index contributed by atoms with van der Waals surface area (Å²) in [5, 5.41) is 8.51. The second-order valence-corrected chi connectivity index (χ2v) is 6.80. The van der Waals surface area contributed by atoms with Crippen LogP contribution in [0.4, 0.5) is 0 Å². The molecule has 130 valence electrons. The van der Waals surface area contributed by atoms with Gasteiger partial charge in [-0.1, -0.05) is 12.1 Å². The highest BCUT2D eigenvalue weighted by atomic mass is 16.5. The van der Waals surface area contributed by atoms with Crippen LogP contribution in [-0.4, -0.2) is 44.8 Å². The monoisotopic (exact) mass is 337 g/mol. The quantitative estimate of drug-likeness (QED) is 0.793. The van der Waals surface area contributed by atoms with Gasteiger partial charge >= 0.3 is 0 Å². The number of benzene rings is 1. The van der Waals surface area contributed by atoms with Crippen molar-refractivity contribution in [3.05, 3.63) is 53.2 Å². The van der Waals surface area contributed by atoms with E-state index in [1.165, 1.54) is 10.9 Å². The second kappa shape index (κ2) is 6.54. The van der Waals surface area contributed by atoms with Crippen molar-refractivity contribution >= 4 is 10.9 Å². The van der Waals surface area contributed by atoms with E-state index in [2.05, 4.69) is 55.4 Å². The summed E-state index contributed by atoms with van der Waals surface area (Å²) in [7, 11) is 1.78. The van der Waals surface area contributed by atoms with Gasteiger partial charge in [0.25, 0.3) is 0 Å². The van der Waals surface area contributed by atoms with E-state index in [0.717, 1.165) is 42.4 Å². The van der Waals surface area contributed by atoms with Crippen molar-refractivity contribution < 1.29 is 4.74 Å². The van der Waals surface area contributed by atoms with Gasteiger partial charge in [0.15, 0.2) is 5.82 Å². The van der Waals surface area contributed by atoms with Gasteiger partial charge in [0.1, 0.15) is 5.82 Å². The Labute approximate surface area is 147 Å². The Kier molecular flexibility index (Phi) is 4.23. The van der Waals surface area contributed by atoms with Crippen LogP contribution in [-0.2, 0) is 11.3 Å². The largest absolute Gasteiger partial charge is 0.380 e. The normalized spacial score (nSPS) is 21.2. The van der Waals surface area contributed by atoms with Gasteiger partial charge in [-0.15, -0.1) is 0 Å². The third kappa shape index (κ3) is 3.27. The van der Waals surface area contributed by atoms with E-state index < -0.39 is 0 Å². The maximum absolute atomic E-state index is 5.60. The fraction of sp³-hybridized carbons (Fsp3) is 0.421. The van der Waals surface area contributed by atoms with Crippen LogP contribution in [0.15, 0.2) is 30.3 Å². The van der Waals surface area contributed by atoms with E-state index in [4.69, 9.17) is 4.74 Å². The number of aryl methyl sites for hydroxylation is 2. The average molecular weight is 337 g/mol. The lowest BCUT2D eigenvalue weighted by molar-refractivity contribution is 0.107. The molecule has 2 atom stereocenters. The van der Waals surface area contributed by atoms with Crippen LogP contribution in [0.5, 0.6) is 0 Å². The van der Waals surface area contributed by atoms with Crippen molar-refractivity contribution in [1.29, 1.82) is 0 Å². The van der Waals surface area contributed by atoms with E-state index in [1.807, 2.05) is 13.8 Å². The molecular weight excluding hydrogens is 314 g/mol. The van der Waals surface area contributed by atoms with Crippen LogP contribution in [0.2, 0.25) is 0 Å². The molecule has 0 spiro atoms. The molecule has 3 heterocycles. The molecule has 2 aromatic heterocycles. The van der Waals surface area contributed by atoms with Gasteiger partial charge in [-0.05, 0) is 44.0 Å². The number of hydrogen-bond acceptors (Lipinski definition) is 5. The van der Waals surface area contributed by atoms with Gasteiger partial charge in [0.05, 0.1) is 17.7 Å². The second-order valence-electron chi connectivity index (χ2n) is 6.80. The summed E-state index contributed by atoms with van der Waals surface area (Å²) in [6.45, 7) is 5.69. The van der Waals surface area contributed by atoms with Gasteiger partial charge in [-0.25, -0.2) is 4.98 Å². The predicted octanol–water partition coefficient (Wildman–Crippen LogP) is 2.93. The smallest absolute Gasteiger partial charge is 0.167 e. The van der Waals surface area contributed by atoms with Crippen LogP contribution in [0, 0.1) is 13.8 Å². The Balaban J connectivity index is 1.60. The number of H-pyrrole nitrogens is 1. The molecule has 1 aliphatic rings. The molecule has 4 rings (SSSR count). The minimum absolute atomic E-state index is 0.182. The zero-order chi connectivity index (χ0) is 17.4. The molecule has 1 N–H and O–H groups in total. The highest BCUT2D eigenvalue weighted by Crippen LogP contribution is 2.33. The molecule has 1 aromatic carbocycles. The first-order chi connectivity index (χ1) is 12.1. The summed E-state index contributed by atoms with van der Waals surface area (Å²) in [6, 6.07) is 10.9. The molecule has 3 aromatic rings. The highest BCUT2D eigenvalue weighted by Gasteiger charge is 2.35. The first-order valence-corrected chi connectivity index (χ1v) is 8.64. The Bertz CT molecular complexity index is 890. The topological polar surface area (TPSA) is 66.9 Å². The molecule has 1 fully saturated rings. The van der Waals surface area contributed by atoms with Crippen molar-refractivity contribution in [3.8, 4) is 0 Å². The molecule has 1 saturated heterocycles. The summed E-state index contributed by atoms with van der Waals surface area (Å²) < 4.78 is 5.60. The number of methoxy groups -OCH3 is 1. The number of aromatic amines is 1. The van der Waals surface area contributed by atoms with Crippen molar-refractivity contribution in [2.24, 2.45) is 0 Å². The minimum atomic E-state index is 0.182. The predicted molar refractivity (Wildman–Crippen MR) is 96.2 cm³/mol. The van der Waals surface area contributed by atoms with Crippen molar-refractivity contribution in [2.75, 3.05) is 13.7 Å². The molecule has 0 aliphatic carbocycles. The third-order valence-corrected chi connectivity index (χ3v) is 4.89. The molecular formula is C19H23N5O. The van der Waals surface area contributed by atoms with Gasteiger partial charge < -0.3 is 4.74 Å². The Morgan fingerprint density at radius 3 is 2.84 bits per heavy atom. The van der Waals surface area contributed by atoms with E-state index in [0.29, 0.717) is 0 Å². The summed E-state index contributed by atoms with van der Waals surface area (Å²) in [5.41, 5.74) is 3.36. The van der Waals surface area contributed by atoms with Crippen LogP contribution in [0.25, 0.3) is 10.9 Å². The molecule has 0 unspecified atom stereocenters. The van der Waals surface area contributed by atoms with E-state index in [1.54, 1.807) is 7.11 Å². The number of fused-ring (bicyclic) bond motifs is 1. The fourth-order valence-corrected chi connectivity index (χ4v) is 3.59. The Morgan fingerprint density at radius 2 is 2.08 bits per heavy atom. The standard InChI is InChI=1S/C19H23N5O/c1-12-4-6-15-8-14(5-7-17(15)20-12)10-24-11-16(25-3)9-18(24)19-21-13(2)22-23-19/h4-8,16,18H,9-11H2,1-3H3,(H,21,22,23)/t16-,18+/m1/s1. The summed E-state index contributed by atoms with van der Waals surface area (Å²) >= 11 is 0.